The van der Waals surface area contributed by atoms with Crippen LogP contribution in [0.25, 0.3) is 11.3 Å². The van der Waals surface area contributed by atoms with E-state index in [4.69, 9.17) is 0 Å². The Morgan fingerprint density at radius 2 is 1.62 bits per heavy atom. The van der Waals surface area contributed by atoms with Crippen molar-refractivity contribution in [3.05, 3.63) is 78.8 Å². The van der Waals surface area contributed by atoms with Gasteiger partial charge in [-0.25, -0.2) is 0 Å². The number of rotatable bonds is 4. The van der Waals surface area contributed by atoms with Gasteiger partial charge in [-0.05, 0) is 42.0 Å². The molecular formula is C17H14N4. The SMILES string of the molecule is c1ccc(-c2ccc(N=NCc3ccncc3)cc2)nc1. The lowest BCUT2D eigenvalue weighted by Gasteiger charge is -2.00. The molecule has 0 aliphatic carbocycles. The first-order valence-corrected chi connectivity index (χ1v) is 6.70. The zero-order valence-corrected chi connectivity index (χ0v) is 11.4. The van der Waals surface area contributed by atoms with Crippen LogP contribution >= 0.6 is 0 Å². The molecule has 0 saturated carbocycles. The molecule has 0 N–H and O–H groups in total. The van der Waals surface area contributed by atoms with Crippen molar-refractivity contribution in [2.24, 2.45) is 10.2 Å². The molecule has 1 aromatic carbocycles. The van der Waals surface area contributed by atoms with Crippen LogP contribution in [-0.2, 0) is 6.54 Å². The van der Waals surface area contributed by atoms with Crippen LogP contribution in [0.3, 0.4) is 0 Å². The fourth-order valence-electron chi connectivity index (χ4n) is 1.92. The first-order chi connectivity index (χ1) is 10.4. The van der Waals surface area contributed by atoms with Crippen molar-refractivity contribution in [2.45, 2.75) is 6.54 Å². The van der Waals surface area contributed by atoms with Gasteiger partial charge in [0.1, 0.15) is 0 Å². The van der Waals surface area contributed by atoms with Crippen molar-refractivity contribution >= 4 is 5.69 Å². The minimum atomic E-state index is 0.560. The van der Waals surface area contributed by atoms with Crippen LogP contribution < -0.4 is 0 Å². The summed E-state index contributed by atoms with van der Waals surface area (Å²) >= 11 is 0. The second kappa shape index (κ2) is 6.52. The molecule has 102 valence electrons. The Labute approximate surface area is 123 Å². The van der Waals surface area contributed by atoms with E-state index in [2.05, 4.69) is 20.2 Å². The smallest absolute Gasteiger partial charge is 0.0854 e. The summed E-state index contributed by atoms with van der Waals surface area (Å²) in [5.74, 6) is 0. The van der Waals surface area contributed by atoms with Crippen molar-refractivity contribution in [3.63, 3.8) is 0 Å². The van der Waals surface area contributed by atoms with E-state index in [1.165, 1.54) is 0 Å². The van der Waals surface area contributed by atoms with Crippen LogP contribution in [0.15, 0.2) is 83.4 Å². The van der Waals surface area contributed by atoms with Gasteiger partial charge >= 0.3 is 0 Å². The lowest BCUT2D eigenvalue weighted by Crippen LogP contribution is -1.81. The van der Waals surface area contributed by atoms with Gasteiger partial charge < -0.3 is 0 Å². The van der Waals surface area contributed by atoms with E-state index in [0.29, 0.717) is 6.54 Å². The molecule has 0 saturated heterocycles. The van der Waals surface area contributed by atoms with E-state index < -0.39 is 0 Å². The number of aromatic nitrogens is 2. The molecule has 4 heteroatoms. The third-order valence-corrected chi connectivity index (χ3v) is 3.02. The van der Waals surface area contributed by atoms with Gasteiger partial charge in [0, 0.05) is 24.2 Å². The summed E-state index contributed by atoms with van der Waals surface area (Å²) < 4.78 is 0. The topological polar surface area (TPSA) is 50.5 Å². The average molecular weight is 274 g/mol. The third kappa shape index (κ3) is 3.57. The maximum atomic E-state index is 4.32. The Morgan fingerprint density at radius 1 is 0.810 bits per heavy atom. The second-order valence-corrected chi connectivity index (χ2v) is 4.52. The monoisotopic (exact) mass is 274 g/mol. The van der Waals surface area contributed by atoms with Crippen LogP contribution in [0.5, 0.6) is 0 Å². The van der Waals surface area contributed by atoms with E-state index in [-0.39, 0.29) is 0 Å². The van der Waals surface area contributed by atoms with Gasteiger partial charge in [-0.3, -0.25) is 9.97 Å². The number of hydrogen-bond donors (Lipinski definition) is 0. The van der Waals surface area contributed by atoms with Gasteiger partial charge in [-0.15, -0.1) is 0 Å². The van der Waals surface area contributed by atoms with Crippen LogP contribution in [0.4, 0.5) is 5.69 Å². The van der Waals surface area contributed by atoms with Crippen LogP contribution in [0, 0.1) is 0 Å². The minimum Gasteiger partial charge on any atom is -0.265 e. The number of pyridine rings is 2. The van der Waals surface area contributed by atoms with Crippen molar-refractivity contribution in [1.82, 2.24) is 9.97 Å². The standard InChI is InChI=1S/C17H14N4/c1-2-10-19-17(3-1)15-4-6-16(7-5-15)21-20-13-14-8-11-18-12-9-14/h1-12H,13H2. The maximum absolute atomic E-state index is 4.32. The molecule has 21 heavy (non-hydrogen) atoms. The van der Waals surface area contributed by atoms with Gasteiger partial charge in [-0.2, -0.15) is 10.2 Å². The van der Waals surface area contributed by atoms with Gasteiger partial charge in [-0.1, -0.05) is 18.2 Å². The van der Waals surface area contributed by atoms with Gasteiger partial charge in [0.15, 0.2) is 0 Å². The molecule has 4 nitrogen and oxygen atoms in total. The van der Waals surface area contributed by atoms with E-state index in [9.17, 15) is 0 Å². The van der Waals surface area contributed by atoms with Crippen LogP contribution in [-0.4, -0.2) is 9.97 Å². The average Bonchev–Trinajstić information content (AvgIpc) is 2.57. The van der Waals surface area contributed by atoms with Crippen molar-refractivity contribution in [3.8, 4) is 11.3 Å². The summed E-state index contributed by atoms with van der Waals surface area (Å²) in [7, 11) is 0. The normalized spacial score (nSPS) is 10.9. The number of azo groups is 1. The second-order valence-electron chi connectivity index (χ2n) is 4.52. The highest BCUT2D eigenvalue weighted by Gasteiger charge is 1.97. The summed E-state index contributed by atoms with van der Waals surface area (Å²) in [6, 6.07) is 17.6. The van der Waals surface area contributed by atoms with Gasteiger partial charge in [0.25, 0.3) is 0 Å². The summed E-state index contributed by atoms with van der Waals surface area (Å²) in [5, 5.41) is 8.42. The molecule has 2 heterocycles. The molecule has 0 unspecified atom stereocenters. The first-order valence-electron chi connectivity index (χ1n) is 6.70. The molecule has 0 atom stereocenters. The number of benzene rings is 1. The highest BCUT2D eigenvalue weighted by molar-refractivity contribution is 5.61. The van der Waals surface area contributed by atoms with Crippen LogP contribution in [0.2, 0.25) is 0 Å². The summed E-state index contributed by atoms with van der Waals surface area (Å²) in [6.07, 6.45) is 5.30. The van der Waals surface area contributed by atoms with E-state index in [0.717, 1.165) is 22.5 Å². The molecule has 0 fully saturated rings. The molecule has 0 aliphatic rings. The lowest BCUT2D eigenvalue weighted by molar-refractivity contribution is 0.955. The Hall–Kier alpha value is -2.88. The Bertz CT molecular complexity index is 707. The predicted octanol–water partition coefficient (Wildman–Crippen LogP) is 4.43. The summed E-state index contributed by atoms with van der Waals surface area (Å²) in [6.45, 7) is 0.560. The molecule has 3 aromatic rings. The number of hydrogen-bond acceptors (Lipinski definition) is 4. The quantitative estimate of drug-likeness (QED) is 0.661. The molecule has 0 aliphatic heterocycles. The fraction of sp³-hybridized carbons (Fsp3) is 0.0588. The fourth-order valence-corrected chi connectivity index (χ4v) is 1.92. The number of nitrogens with zero attached hydrogens (tertiary/aromatic N) is 4. The van der Waals surface area contributed by atoms with Crippen molar-refractivity contribution < 1.29 is 0 Å². The first kappa shape index (κ1) is 13.1. The Balaban J connectivity index is 1.67. The zero-order chi connectivity index (χ0) is 14.3. The third-order valence-electron chi connectivity index (χ3n) is 3.02. The van der Waals surface area contributed by atoms with E-state index in [1.807, 2.05) is 54.6 Å². The Morgan fingerprint density at radius 3 is 2.33 bits per heavy atom. The molecule has 3 rings (SSSR count). The van der Waals surface area contributed by atoms with E-state index >= 15 is 0 Å². The van der Waals surface area contributed by atoms with Crippen LogP contribution in [0.1, 0.15) is 5.56 Å². The molecule has 0 amide bonds. The summed E-state index contributed by atoms with van der Waals surface area (Å²) in [4.78, 5) is 8.29. The molecule has 0 radical (unpaired) electrons. The maximum Gasteiger partial charge on any atom is 0.0854 e. The predicted molar refractivity (Wildman–Crippen MR) is 82.1 cm³/mol. The highest BCUT2D eigenvalue weighted by Crippen LogP contribution is 2.21. The summed E-state index contributed by atoms with van der Waals surface area (Å²) in [5.41, 5.74) is 3.96. The molecule has 2 aromatic heterocycles. The Kier molecular flexibility index (Phi) is 4.07. The lowest BCUT2D eigenvalue weighted by atomic mass is 10.1. The molecule has 0 bridgehead atoms. The molecular weight excluding hydrogens is 260 g/mol. The zero-order valence-electron chi connectivity index (χ0n) is 11.4. The van der Waals surface area contributed by atoms with Crippen molar-refractivity contribution in [1.29, 1.82) is 0 Å². The van der Waals surface area contributed by atoms with Gasteiger partial charge in [0.05, 0.1) is 17.9 Å². The molecule has 0 spiro atoms. The highest BCUT2D eigenvalue weighted by atomic mass is 15.1. The van der Waals surface area contributed by atoms with Crippen molar-refractivity contribution in [2.75, 3.05) is 0 Å². The van der Waals surface area contributed by atoms with E-state index in [1.54, 1.807) is 18.6 Å². The largest absolute Gasteiger partial charge is 0.265 e. The van der Waals surface area contributed by atoms with Gasteiger partial charge in [0.2, 0.25) is 0 Å². The minimum absolute atomic E-state index is 0.560.